The van der Waals surface area contributed by atoms with Crippen LogP contribution in [0.2, 0.25) is 5.02 Å². The number of aromatic nitrogens is 1. The second kappa shape index (κ2) is 7.74. The first-order chi connectivity index (χ1) is 11.0. The molecule has 1 heterocycles. The maximum absolute atomic E-state index is 12.2. The molecule has 23 heavy (non-hydrogen) atoms. The van der Waals surface area contributed by atoms with Crippen LogP contribution in [-0.4, -0.2) is 28.2 Å². The molecule has 2 aromatic rings. The highest BCUT2D eigenvalue weighted by Crippen LogP contribution is 2.19. The number of anilines is 1. The van der Waals surface area contributed by atoms with Gasteiger partial charge in [0.2, 0.25) is 11.8 Å². The first kappa shape index (κ1) is 17.0. The van der Waals surface area contributed by atoms with Crippen LogP contribution in [0.5, 0.6) is 0 Å². The summed E-state index contributed by atoms with van der Waals surface area (Å²) >= 11 is 5.90. The Kier molecular flexibility index (Phi) is 5.71. The van der Waals surface area contributed by atoms with Gasteiger partial charge in [-0.05, 0) is 48.4 Å². The Hall–Kier alpha value is -2.40. The van der Waals surface area contributed by atoms with Crippen molar-refractivity contribution in [3.63, 3.8) is 0 Å². The lowest BCUT2D eigenvalue weighted by Gasteiger charge is -2.21. The minimum Gasteiger partial charge on any atom is -0.329 e. The molecule has 2 amide bonds. The molecular weight excluding hydrogens is 314 g/mol. The van der Waals surface area contributed by atoms with E-state index in [1.165, 1.54) is 11.8 Å². The number of halogens is 1. The molecule has 0 aliphatic rings. The van der Waals surface area contributed by atoms with Gasteiger partial charge in [0.25, 0.3) is 0 Å². The lowest BCUT2D eigenvalue weighted by Crippen LogP contribution is -2.36. The summed E-state index contributed by atoms with van der Waals surface area (Å²) in [6.07, 6.45) is 3.32. The molecule has 0 aliphatic carbocycles. The predicted molar refractivity (Wildman–Crippen MR) is 90.1 cm³/mol. The van der Waals surface area contributed by atoms with Gasteiger partial charge in [-0.1, -0.05) is 11.6 Å². The van der Waals surface area contributed by atoms with E-state index in [0.717, 1.165) is 11.1 Å². The fourth-order valence-corrected chi connectivity index (χ4v) is 2.34. The van der Waals surface area contributed by atoms with E-state index in [9.17, 15) is 9.59 Å². The summed E-state index contributed by atoms with van der Waals surface area (Å²) in [6.45, 7) is 3.66. The van der Waals surface area contributed by atoms with Gasteiger partial charge in [0, 0.05) is 36.6 Å². The number of hydrogen-bond donors (Lipinski definition) is 1. The summed E-state index contributed by atoms with van der Waals surface area (Å²) in [5.74, 6) is -0.413. The molecule has 1 N–H and O–H groups in total. The smallest absolute Gasteiger partial charge is 0.244 e. The molecule has 0 fully saturated rings. The zero-order chi connectivity index (χ0) is 16.8. The van der Waals surface area contributed by atoms with E-state index in [0.29, 0.717) is 17.3 Å². The molecular formula is C17H18ClN3O2. The van der Waals surface area contributed by atoms with Gasteiger partial charge < -0.3 is 10.2 Å². The fraction of sp³-hybridized carbons (Fsp3) is 0.235. The quantitative estimate of drug-likeness (QED) is 0.916. The van der Waals surface area contributed by atoms with Gasteiger partial charge in [-0.3, -0.25) is 14.6 Å². The fourth-order valence-electron chi connectivity index (χ4n) is 2.12. The Labute approximate surface area is 140 Å². The van der Waals surface area contributed by atoms with Crippen molar-refractivity contribution in [2.75, 3.05) is 11.9 Å². The van der Waals surface area contributed by atoms with Crippen molar-refractivity contribution in [1.82, 2.24) is 9.88 Å². The number of hydrogen-bond acceptors (Lipinski definition) is 3. The van der Waals surface area contributed by atoms with E-state index in [1.54, 1.807) is 30.6 Å². The van der Waals surface area contributed by atoms with Crippen molar-refractivity contribution in [3.05, 3.63) is 58.9 Å². The van der Waals surface area contributed by atoms with Crippen LogP contribution in [0, 0.1) is 6.92 Å². The molecule has 0 saturated carbocycles. The molecule has 0 unspecified atom stereocenters. The molecule has 0 atom stereocenters. The second-order valence-electron chi connectivity index (χ2n) is 5.24. The first-order valence-electron chi connectivity index (χ1n) is 7.16. The molecule has 120 valence electrons. The van der Waals surface area contributed by atoms with Crippen molar-refractivity contribution in [2.24, 2.45) is 0 Å². The van der Waals surface area contributed by atoms with Gasteiger partial charge in [-0.2, -0.15) is 0 Å². The number of benzene rings is 1. The predicted octanol–water partition coefficient (Wildman–Crippen LogP) is 3.03. The Bertz CT molecular complexity index is 704. The minimum absolute atomic E-state index is 0.0142. The average molecular weight is 332 g/mol. The van der Waals surface area contributed by atoms with Crippen LogP contribution in [0.4, 0.5) is 5.69 Å². The topological polar surface area (TPSA) is 62.3 Å². The number of carbonyl (C=O) groups excluding carboxylic acids is 2. The normalized spacial score (nSPS) is 10.2. The third kappa shape index (κ3) is 5.07. The summed E-state index contributed by atoms with van der Waals surface area (Å²) in [4.78, 5) is 29.4. The van der Waals surface area contributed by atoms with Crippen LogP contribution in [-0.2, 0) is 16.1 Å². The number of rotatable bonds is 5. The molecule has 1 aromatic heterocycles. The number of pyridine rings is 1. The van der Waals surface area contributed by atoms with E-state index in [4.69, 9.17) is 11.6 Å². The molecule has 1 aromatic carbocycles. The van der Waals surface area contributed by atoms with Crippen LogP contribution in [0.25, 0.3) is 0 Å². The maximum Gasteiger partial charge on any atom is 0.244 e. The third-order valence-electron chi connectivity index (χ3n) is 3.37. The highest BCUT2D eigenvalue weighted by molar-refractivity contribution is 6.30. The molecule has 0 radical (unpaired) electrons. The molecule has 0 spiro atoms. The lowest BCUT2D eigenvalue weighted by molar-refractivity contribution is -0.133. The van der Waals surface area contributed by atoms with Crippen molar-refractivity contribution >= 4 is 29.1 Å². The van der Waals surface area contributed by atoms with E-state index < -0.39 is 0 Å². The van der Waals surface area contributed by atoms with E-state index in [2.05, 4.69) is 10.3 Å². The molecule has 6 heteroatoms. The lowest BCUT2D eigenvalue weighted by atomic mass is 10.2. The minimum atomic E-state index is -0.250. The summed E-state index contributed by atoms with van der Waals surface area (Å²) in [6, 6.07) is 8.87. The molecule has 5 nitrogen and oxygen atoms in total. The van der Waals surface area contributed by atoms with Gasteiger partial charge in [0.1, 0.15) is 6.54 Å². The number of nitrogens with one attached hydrogen (secondary N) is 1. The van der Waals surface area contributed by atoms with Crippen molar-refractivity contribution in [1.29, 1.82) is 0 Å². The number of aryl methyl sites for hydroxylation is 1. The van der Waals surface area contributed by atoms with Crippen LogP contribution in [0.1, 0.15) is 18.1 Å². The van der Waals surface area contributed by atoms with Crippen molar-refractivity contribution in [3.8, 4) is 0 Å². The number of nitrogens with zero attached hydrogens (tertiary/aromatic N) is 2. The number of amides is 2. The standard InChI is InChI=1S/C17H18ClN3O2/c1-12-9-15(18)3-4-16(12)20-17(23)11-21(13(2)22)10-14-5-7-19-8-6-14/h3-9H,10-11H2,1-2H3,(H,20,23). The summed E-state index contributed by atoms with van der Waals surface area (Å²) in [7, 11) is 0. The average Bonchev–Trinajstić information content (AvgIpc) is 2.50. The molecule has 0 aliphatic heterocycles. The highest BCUT2D eigenvalue weighted by Gasteiger charge is 2.15. The van der Waals surface area contributed by atoms with E-state index in [1.807, 2.05) is 19.1 Å². The molecule has 0 saturated heterocycles. The zero-order valence-electron chi connectivity index (χ0n) is 13.0. The SMILES string of the molecule is CC(=O)N(CC(=O)Nc1ccc(Cl)cc1C)Cc1ccncc1. The van der Waals surface area contributed by atoms with Gasteiger partial charge in [-0.15, -0.1) is 0 Å². The van der Waals surface area contributed by atoms with E-state index in [-0.39, 0.29) is 18.4 Å². The van der Waals surface area contributed by atoms with Crippen LogP contribution in [0.3, 0.4) is 0 Å². The molecule has 2 rings (SSSR count). The van der Waals surface area contributed by atoms with Gasteiger partial charge >= 0.3 is 0 Å². The summed E-state index contributed by atoms with van der Waals surface area (Å²) in [5, 5.41) is 3.42. The number of carbonyl (C=O) groups is 2. The summed E-state index contributed by atoms with van der Waals surface area (Å²) < 4.78 is 0. The van der Waals surface area contributed by atoms with E-state index >= 15 is 0 Å². The zero-order valence-corrected chi connectivity index (χ0v) is 13.8. The third-order valence-corrected chi connectivity index (χ3v) is 3.60. The summed E-state index contributed by atoms with van der Waals surface area (Å²) in [5.41, 5.74) is 2.48. The first-order valence-corrected chi connectivity index (χ1v) is 7.54. The second-order valence-corrected chi connectivity index (χ2v) is 5.67. The Morgan fingerprint density at radius 1 is 1.22 bits per heavy atom. The van der Waals surface area contributed by atoms with Crippen molar-refractivity contribution in [2.45, 2.75) is 20.4 Å². The maximum atomic E-state index is 12.2. The Morgan fingerprint density at radius 2 is 1.91 bits per heavy atom. The van der Waals surface area contributed by atoms with Crippen LogP contribution >= 0.6 is 11.6 Å². The monoisotopic (exact) mass is 331 g/mol. The van der Waals surface area contributed by atoms with Gasteiger partial charge in [0.15, 0.2) is 0 Å². The van der Waals surface area contributed by atoms with Crippen LogP contribution in [0.15, 0.2) is 42.7 Å². The Balaban J connectivity index is 2.02. The molecule has 0 bridgehead atoms. The highest BCUT2D eigenvalue weighted by atomic mass is 35.5. The van der Waals surface area contributed by atoms with Crippen LogP contribution < -0.4 is 5.32 Å². The van der Waals surface area contributed by atoms with Gasteiger partial charge in [-0.25, -0.2) is 0 Å². The van der Waals surface area contributed by atoms with Crippen molar-refractivity contribution < 1.29 is 9.59 Å². The Morgan fingerprint density at radius 3 is 2.52 bits per heavy atom. The largest absolute Gasteiger partial charge is 0.329 e. The van der Waals surface area contributed by atoms with Gasteiger partial charge in [0.05, 0.1) is 0 Å².